The van der Waals surface area contributed by atoms with Crippen molar-refractivity contribution in [3.05, 3.63) is 23.8 Å². The Balaban J connectivity index is 1.63. The highest BCUT2D eigenvalue weighted by atomic mass is 16.7. The first-order valence-electron chi connectivity index (χ1n) is 7.80. The number of oxime groups is 1. The molecule has 1 aromatic rings. The van der Waals surface area contributed by atoms with Gasteiger partial charge in [0, 0.05) is 6.42 Å². The molecule has 1 aliphatic carbocycles. The Bertz CT molecular complexity index is 515. The molecule has 1 aliphatic heterocycles. The fraction of sp³-hybridized carbons (Fsp3) is 0.588. The van der Waals surface area contributed by atoms with Crippen molar-refractivity contribution in [3.8, 4) is 11.5 Å². The average molecular weight is 305 g/mol. The predicted octanol–water partition coefficient (Wildman–Crippen LogP) is 3.16. The molecule has 1 saturated heterocycles. The van der Waals surface area contributed by atoms with Gasteiger partial charge in [0.15, 0.2) is 6.10 Å². The average Bonchev–Trinajstić information content (AvgIpc) is 3.17. The van der Waals surface area contributed by atoms with E-state index in [0.717, 1.165) is 24.8 Å². The van der Waals surface area contributed by atoms with Crippen LogP contribution in [0.25, 0.3) is 0 Å². The van der Waals surface area contributed by atoms with Crippen LogP contribution >= 0.6 is 0 Å². The second-order valence-corrected chi connectivity index (χ2v) is 5.94. The van der Waals surface area contributed by atoms with Crippen LogP contribution in [0.3, 0.4) is 0 Å². The first-order valence-corrected chi connectivity index (χ1v) is 7.80. The third-order valence-electron chi connectivity index (χ3n) is 4.55. The standard InChI is InChI=1S/C17H23NO4/c1-19-15-6-5-7-16(20-2)14(15)11-18-22-13-10-17(21-12-13)8-3-4-9-17/h5-7,11,13H,3-4,8-10,12H2,1-2H3/b18-11+. The normalized spacial score (nSPS) is 23.3. The number of nitrogens with zero attached hydrogens (tertiary/aromatic N) is 1. The quantitative estimate of drug-likeness (QED) is 0.619. The van der Waals surface area contributed by atoms with Gasteiger partial charge < -0.3 is 19.0 Å². The molecule has 0 amide bonds. The van der Waals surface area contributed by atoms with Crippen molar-refractivity contribution >= 4 is 6.21 Å². The minimum atomic E-state index is 0.0371. The van der Waals surface area contributed by atoms with Crippen molar-refractivity contribution in [2.45, 2.75) is 43.8 Å². The Morgan fingerprint density at radius 2 is 1.86 bits per heavy atom. The van der Waals surface area contributed by atoms with E-state index in [-0.39, 0.29) is 11.7 Å². The summed E-state index contributed by atoms with van der Waals surface area (Å²) in [7, 11) is 3.25. The molecule has 22 heavy (non-hydrogen) atoms. The van der Waals surface area contributed by atoms with E-state index < -0.39 is 0 Å². The van der Waals surface area contributed by atoms with Crippen molar-refractivity contribution in [1.29, 1.82) is 0 Å². The van der Waals surface area contributed by atoms with E-state index in [1.54, 1.807) is 20.4 Å². The zero-order valence-electron chi connectivity index (χ0n) is 13.2. The highest BCUT2D eigenvalue weighted by Crippen LogP contribution is 2.41. The number of rotatable bonds is 5. The summed E-state index contributed by atoms with van der Waals surface area (Å²) in [4.78, 5) is 5.63. The zero-order valence-corrected chi connectivity index (χ0v) is 13.2. The molecule has 1 saturated carbocycles. The van der Waals surface area contributed by atoms with E-state index >= 15 is 0 Å². The molecule has 1 aromatic carbocycles. The summed E-state index contributed by atoms with van der Waals surface area (Å²) in [5.74, 6) is 1.42. The molecule has 1 heterocycles. The van der Waals surface area contributed by atoms with E-state index in [1.165, 1.54) is 12.8 Å². The number of hydrogen-bond donors (Lipinski definition) is 0. The van der Waals surface area contributed by atoms with Gasteiger partial charge >= 0.3 is 0 Å². The van der Waals surface area contributed by atoms with Crippen molar-refractivity contribution < 1.29 is 19.0 Å². The van der Waals surface area contributed by atoms with E-state index in [4.69, 9.17) is 19.0 Å². The van der Waals surface area contributed by atoms with Gasteiger partial charge in [-0.2, -0.15) is 0 Å². The van der Waals surface area contributed by atoms with Gasteiger partial charge in [0.05, 0.1) is 38.2 Å². The summed E-state index contributed by atoms with van der Waals surface area (Å²) in [5.41, 5.74) is 0.837. The number of methoxy groups -OCH3 is 2. The minimum Gasteiger partial charge on any atom is -0.496 e. The molecule has 120 valence electrons. The first kappa shape index (κ1) is 15.2. The molecule has 5 nitrogen and oxygen atoms in total. The Kier molecular flexibility index (Phi) is 4.52. The fourth-order valence-corrected chi connectivity index (χ4v) is 3.41. The van der Waals surface area contributed by atoms with Crippen LogP contribution in [0.4, 0.5) is 0 Å². The van der Waals surface area contributed by atoms with Crippen molar-refractivity contribution in [1.82, 2.24) is 0 Å². The van der Waals surface area contributed by atoms with Crippen LogP contribution in [0.15, 0.2) is 23.4 Å². The molecule has 2 aliphatic rings. The van der Waals surface area contributed by atoms with Crippen LogP contribution < -0.4 is 9.47 Å². The fourth-order valence-electron chi connectivity index (χ4n) is 3.41. The van der Waals surface area contributed by atoms with Crippen molar-refractivity contribution in [3.63, 3.8) is 0 Å². The Morgan fingerprint density at radius 1 is 1.18 bits per heavy atom. The SMILES string of the molecule is COc1cccc(OC)c1/C=N/OC1COC2(CCCC2)C1. The lowest BCUT2D eigenvalue weighted by Gasteiger charge is -2.20. The van der Waals surface area contributed by atoms with Crippen molar-refractivity contribution in [2.24, 2.45) is 5.16 Å². The molecular weight excluding hydrogens is 282 g/mol. The lowest BCUT2D eigenvalue weighted by molar-refractivity contribution is 0.00131. The van der Waals surface area contributed by atoms with Crippen LogP contribution in [-0.4, -0.2) is 38.7 Å². The third-order valence-corrected chi connectivity index (χ3v) is 4.55. The number of hydrogen-bond acceptors (Lipinski definition) is 5. The van der Waals surface area contributed by atoms with Gasteiger partial charge in [0.2, 0.25) is 0 Å². The largest absolute Gasteiger partial charge is 0.496 e. The van der Waals surface area contributed by atoms with Gasteiger partial charge in [-0.15, -0.1) is 0 Å². The molecule has 1 unspecified atom stereocenters. The van der Waals surface area contributed by atoms with Gasteiger partial charge in [-0.25, -0.2) is 0 Å². The number of benzene rings is 1. The maximum atomic E-state index is 5.96. The summed E-state index contributed by atoms with van der Waals surface area (Å²) in [6.07, 6.45) is 7.44. The topological polar surface area (TPSA) is 49.3 Å². The summed E-state index contributed by atoms with van der Waals surface area (Å²) in [6, 6.07) is 5.62. The first-order chi connectivity index (χ1) is 10.8. The molecule has 1 atom stereocenters. The van der Waals surface area contributed by atoms with E-state index in [9.17, 15) is 0 Å². The monoisotopic (exact) mass is 305 g/mol. The number of ether oxygens (including phenoxy) is 3. The summed E-state index contributed by atoms with van der Waals surface area (Å²) in [5, 5.41) is 4.13. The summed E-state index contributed by atoms with van der Waals surface area (Å²) >= 11 is 0. The van der Waals surface area contributed by atoms with Gasteiger partial charge in [0.25, 0.3) is 0 Å². The van der Waals surface area contributed by atoms with E-state index in [1.807, 2.05) is 18.2 Å². The highest BCUT2D eigenvalue weighted by molar-refractivity contribution is 5.87. The second-order valence-electron chi connectivity index (χ2n) is 5.94. The van der Waals surface area contributed by atoms with Gasteiger partial charge in [0.1, 0.15) is 11.5 Å². The van der Waals surface area contributed by atoms with Crippen molar-refractivity contribution in [2.75, 3.05) is 20.8 Å². The molecule has 3 rings (SSSR count). The van der Waals surface area contributed by atoms with E-state index in [0.29, 0.717) is 18.1 Å². The van der Waals surface area contributed by atoms with Gasteiger partial charge in [-0.05, 0) is 25.0 Å². The van der Waals surface area contributed by atoms with Gasteiger partial charge in [-0.3, -0.25) is 0 Å². The maximum Gasteiger partial charge on any atom is 0.153 e. The lowest BCUT2D eigenvalue weighted by Crippen LogP contribution is -2.23. The van der Waals surface area contributed by atoms with Crippen LogP contribution in [0.2, 0.25) is 0 Å². The summed E-state index contributed by atoms with van der Waals surface area (Å²) in [6.45, 7) is 0.625. The molecular formula is C17H23NO4. The zero-order chi connectivity index (χ0) is 15.4. The molecule has 1 spiro atoms. The Morgan fingerprint density at radius 3 is 2.50 bits per heavy atom. The second kappa shape index (κ2) is 6.57. The van der Waals surface area contributed by atoms with Gasteiger partial charge in [-0.1, -0.05) is 24.1 Å². The molecule has 0 aromatic heterocycles. The Hall–Kier alpha value is -1.75. The lowest BCUT2D eigenvalue weighted by atomic mass is 9.98. The van der Waals surface area contributed by atoms with Crippen LogP contribution in [0, 0.1) is 0 Å². The highest BCUT2D eigenvalue weighted by Gasteiger charge is 2.43. The summed E-state index contributed by atoms with van der Waals surface area (Å²) < 4.78 is 16.6. The molecule has 2 fully saturated rings. The smallest absolute Gasteiger partial charge is 0.153 e. The molecule has 5 heteroatoms. The molecule has 0 radical (unpaired) electrons. The third kappa shape index (κ3) is 3.04. The Labute approximate surface area is 131 Å². The predicted molar refractivity (Wildman–Crippen MR) is 83.8 cm³/mol. The van der Waals surface area contributed by atoms with Crippen LogP contribution in [0.1, 0.15) is 37.7 Å². The molecule has 0 N–H and O–H groups in total. The van der Waals surface area contributed by atoms with Crippen LogP contribution in [-0.2, 0) is 9.57 Å². The minimum absolute atomic E-state index is 0.0371. The molecule has 0 bridgehead atoms. The van der Waals surface area contributed by atoms with E-state index in [2.05, 4.69) is 5.16 Å². The maximum absolute atomic E-state index is 5.96. The van der Waals surface area contributed by atoms with Crippen LogP contribution in [0.5, 0.6) is 11.5 Å².